The van der Waals surface area contributed by atoms with E-state index in [1.54, 1.807) is 47.4 Å². The number of rotatable bonds is 7. The van der Waals surface area contributed by atoms with Crippen molar-refractivity contribution in [2.24, 2.45) is 0 Å². The van der Waals surface area contributed by atoms with Crippen LogP contribution in [0.3, 0.4) is 0 Å². The largest absolute Gasteiger partial charge is 0.478 e. The zero-order valence-electron chi connectivity index (χ0n) is 15.4. The van der Waals surface area contributed by atoms with Crippen LogP contribution in [0.25, 0.3) is 10.7 Å². The number of nitrogens with zero attached hydrogens (tertiary/aromatic N) is 2. The van der Waals surface area contributed by atoms with Crippen LogP contribution in [0.5, 0.6) is 0 Å². The van der Waals surface area contributed by atoms with Crippen molar-refractivity contribution in [3.63, 3.8) is 0 Å². The zero-order valence-corrected chi connectivity index (χ0v) is 17.1. The summed E-state index contributed by atoms with van der Waals surface area (Å²) in [7, 11) is 0. The summed E-state index contributed by atoms with van der Waals surface area (Å²) >= 11 is 3.40. The van der Waals surface area contributed by atoms with E-state index >= 15 is 0 Å². The van der Waals surface area contributed by atoms with Gasteiger partial charge in [-0.3, -0.25) is 0 Å². The zero-order chi connectivity index (χ0) is 19.4. The fourth-order valence-electron chi connectivity index (χ4n) is 2.79. The summed E-state index contributed by atoms with van der Waals surface area (Å²) in [6.45, 7) is 4.19. The standard InChI is InChI=1S/C20H21N3O2S2/c1-4-14-15(5-2)22-19(16-10-11-17(26-3)27-16)23-18(14)21-13-8-6-12(7-9-13)20(24)25/h6-11H,4-5H2,1-3H3,(H,24,25)(H,21,22,23). The van der Waals surface area contributed by atoms with Crippen LogP contribution in [-0.2, 0) is 12.8 Å². The number of carbonyl (C=O) groups is 1. The molecular formula is C20H21N3O2S2. The van der Waals surface area contributed by atoms with Gasteiger partial charge in [0.05, 0.1) is 14.6 Å². The van der Waals surface area contributed by atoms with Crippen LogP contribution in [0.1, 0.15) is 35.5 Å². The molecule has 140 valence electrons. The smallest absolute Gasteiger partial charge is 0.335 e. The van der Waals surface area contributed by atoms with Gasteiger partial charge in [0.2, 0.25) is 0 Å². The van der Waals surface area contributed by atoms with Gasteiger partial charge < -0.3 is 10.4 Å². The van der Waals surface area contributed by atoms with E-state index in [1.165, 1.54) is 4.21 Å². The number of aromatic nitrogens is 2. The highest BCUT2D eigenvalue weighted by Gasteiger charge is 2.15. The Hall–Kier alpha value is -2.38. The lowest BCUT2D eigenvalue weighted by Gasteiger charge is -2.15. The first kappa shape index (κ1) is 19.4. The molecule has 0 unspecified atom stereocenters. The number of nitrogens with one attached hydrogen (secondary N) is 1. The predicted octanol–water partition coefficient (Wildman–Crippen LogP) is 5.49. The number of hydrogen-bond donors (Lipinski definition) is 2. The topological polar surface area (TPSA) is 75.1 Å². The van der Waals surface area contributed by atoms with Crippen LogP contribution in [0.15, 0.2) is 40.6 Å². The summed E-state index contributed by atoms with van der Waals surface area (Å²) in [5, 5.41) is 12.4. The SMILES string of the molecule is CCc1nc(-c2ccc(SC)s2)nc(Nc2ccc(C(=O)O)cc2)c1CC. The molecule has 0 spiro atoms. The second-order valence-electron chi connectivity index (χ2n) is 5.86. The molecule has 3 aromatic rings. The second kappa shape index (κ2) is 8.54. The van der Waals surface area contributed by atoms with Crippen molar-refractivity contribution in [3.8, 4) is 10.7 Å². The van der Waals surface area contributed by atoms with Crippen molar-refractivity contribution in [2.45, 2.75) is 30.9 Å². The maximum absolute atomic E-state index is 11.0. The van der Waals surface area contributed by atoms with E-state index in [0.717, 1.165) is 46.3 Å². The van der Waals surface area contributed by atoms with Crippen molar-refractivity contribution in [1.29, 1.82) is 0 Å². The van der Waals surface area contributed by atoms with Gasteiger partial charge in [-0.15, -0.1) is 23.1 Å². The average Bonchev–Trinajstić information content (AvgIpc) is 3.17. The third-order valence-corrected chi connectivity index (χ3v) is 6.34. The molecule has 0 saturated heterocycles. The number of aryl methyl sites for hydroxylation is 1. The normalized spacial score (nSPS) is 10.8. The van der Waals surface area contributed by atoms with E-state index in [1.807, 2.05) is 0 Å². The quantitative estimate of drug-likeness (QED) is 0.511. The van der Waals surface area contributed by atoms with Gasteiger partial charge in [-0.25, -0.2) is 14.8 Å². The Kier molecular flexibility index (Phi) is 6.13. The van der Waals surface area contributed by atoms with E-state index in [9.17, 15) is 4.79 Å². The van der Waals surface area contributed by atoms with Crippen molar-refractivity contribution < 1.29 is 9.90 Å². The molecule has 0 radical (unpaired) electrons. The number of aromatic carboxylic acids is 1. The molecule has 0 aliphatic rings. The van der Waals surface area contributed by atoms with E-state index in [0.29, 0.717) is 0 Å². The monoisotopic (exact) mass is 399 g/mol. The summed E-state index contributed by atoms with van der Waals surface area (Å²) in [4.78, 5) is 21.7. The minimum Gasteiger partial charge on any atom is -0.478 e. The second-order valence-corrected chi connectivity index (χ2v) is 8.05. The average molecular weight is 400 g/mol. The molecule has 0 saturated carbocycles. The van der Waals surface area contributed by atoms with Crippen molar-refractivity contribution in [3.05, 3.63) is 53.2 Å². The third kappa shape index (κ3) is 4.31. The van der Waals surface area contributed by atoms with E-state index in [-0.39, 0.29) is 5.56 Å². The van der Waals surface area contributed by atoms with Gasteiger partial charge in [-0.1, -0.05) is 13.8 Å². The molecule has 2 aromatic heterocycles. The van der Waals surface area contributed by atoms with Crippen LogP contribution in [0, 0.1) is 0 Å². The van der Waals surface area contributed by atoms with Crippen LogP contribution in [0.4, 0.5) is 11.5 Å². The minimum atomic E-state index is -0.935. The van der Waals surface area contributed by atoms with Gasteiger partial charge >= 0.3 is 5.97 Å². The van der Waals surface area contributed by atoms with Gasteiger partial charge in [0.1, 0.15) is 5.82 Å². The highest BCUT2D eigenvalue weighted by Crippen LogP contribution is 2.33. The molecule has 0 atom stereocenters. The first-order chi connectivity index (χ1) is 13.0. The van der Waals surface area contributed by atoms with Gasteiger partial charge in [-0.05, 0) is 55.5 Å². The molecular weight excluding hydrogens is 378 g/mol. The van der Waals surface area contributed by atoms with Crippen LogP contribution >= 0.6 is 23.1 Å². The molecule has 0 bridgehead atoms. The number of benzene rings is 1. The number of hydrogen-bond acceptors (Lipinski definition) is 6. The molecule has 2 N–H and O–H groups in total. The van der Waals surface area contributed by atoms with E-state index < -0.39 is 5.97 Å². The molecule has 0 amide bonds. The summed E-state index contributed by atoms with van der Waals surface area (Å²) in [5.74, 6) is 0.566. The van der Waals surface area contributed by atoms with Crippen molar-refractivity contribution >= 4 is 40.6 Å². The third-order valence-electron chi connectivity index (χ3n) is 4.18. The summed E-state index contributed by atoms with van der Waals surface area (Å²) < 4.78 is 1.23. The Morgan fingerprint density at radius 3 is 2.41 bits per heavy atom. The Morgan fingerprint density at radius 1 is 1.11 bits per heavy atom. The molecule has 3 rings (SSSR count). The summed E-state index contributed by atoms with van der Waals surface area (Å²) in [6, 6.07) is 10.8. The molecule has 0 aliphatic carbocycles. The van der Waals surface area contributed by atoms with E-state index in [4.69, 9.17) is 15.1 Å². The number of thiophene rings is 1. The first-order valence-corrected chi connectivity index (χ1v) is 10.7. The molecule has 1 aromatic carbocycles. The predicted molar refractivity (Wildman–Crippen MR) is 113 cm³/mol. The lowest BCUT2D eigenvalue weighted by molar-refractivity contribution is 0.0697. The maximum atomic E-state index is 11.0. The highest BCUT2D eigenvalue weighted by atomic mass is 32.2. The molecule has 0 aliphatic heterocycles. The Bertz CT molecular complexity index is 952. The lowest BCUT2D eigenvalue weighted by Crippen LogP contribution is -2.07. The van der Waals surface area contributed by atoms with Gasteiger partial charge in [0.15, 0.2) is 5.82 Å². The number of thioether (sulfide) groups is 1. The van der Waals surface area contributed by atoms with Crippen molar-refractivity contribution in [2.75, 3.05) is 11.6 Å². The molecule has 27 heavy (non-hydrogen) atoms. The molecule has 7 heteroatoms. The minimum absolute atomic E-state index is 0.261. The van der Waals surface area contributed by atoms with Gasteiger partial charge in [0.25, 0.3) is 0 Å². The molecule has 0 fully saturated rings. The van der Waals surface area contributed by atoms with E-state index in [2.05, 4.69) is 37.6 Å². The highest BCUT2D eigenvalue weighted by molar-refractivity contribution is 8.00. The maximum Gasteiger partial charge on any atom is 0.335 e. The molecule has 5 nitrogen and oxygen atoms in total. The summed E-state index contributed by atoms with van der Waals surface area (Å²) in [5.41, 5.74) is 3.19. The van der Waals surface area contributed by atoms with Gasteiger partial charge in [0, 0.05) is 16.9 Å². The van der Waals surface area contributed by atoms with Gasteiger partial charge in [-0.2, -0.15) is 0 Å². The number of carboxylic acids is 1. The van der Waals surface area contributed by atoms with Crippen LogP contribution in [0.2, 0.25) is 0 Å². The Balaban J connectivity index is 2.01. The fraction of sp³-hybridized carbons (Fsp3) is 0.250. The lowest BCUT2D eigenvalue weighted by atomic mass is 10.1. The van der Waals surface area contributed by atoms with Crippen molar-refractivity contribution in [1.82, 2.24) is 9.97 Å². The number of carboxylic acid groups (broad SMARTS) is 1. The first-order valence-electron chi connectivity index (χ1n) is 8.70. The Labute approximate surface area is 166 Å². The Morgan fingerprint density at radius 2 is 1.85 bits per heavy atom. The number of anilines is 2. The van der Waals surface area contributed by atoms with Crippen LogP contribution < -0.4 is 5.32 Å². The molecule has 2 heterocycles. The summed E-state index contributed by atoms with van der Waals surface area (Å²) in [6.07, 6.45) is 3.70. The fourth-order valence-corrected chi connectivity index (χ4v) is 4.27. The van der Waals surface area contributed by atoms with Crippen LogP contribution in [-0.4, -0.2) is 27.3 Å².